The number of ether oxygens (including phenoxy) is 1. The van der Waals surface area contributed by atoms with Gasteiger partial charge in [-0.3, -0.25) is 4.90 Å². The van der Waals surface area contributed by atoms with E-state index in [9.17, 15) is 13.2 Å². The van der Waals surface area contributed by atoms with Crippen molar-refractivity contribution in [3.63, 3.8) is 0 Å². The average Bonchev–Trinajstić information content (AvgIpc) is 2.39. The highest BCUT2D eigenvalue weighted by Crippen LogP contribution is 2.40. The van der Waals surface area contributed by atoms with Crippen LogP contribution < -0.4 is 10.1 Å². The van der Waals surface area contributed by atoms with Crippen LogP contribution in [-0.2, 0) is 0 Å². The van der Waals surface area contributed by atoms with Crippen LogP contribution in [0.2, 0.25) is 0 Å². The van der Waals surface area contributed by atoms with Crippen LogP contribution in [0.4, 0.5) is 13.2 Å². The molecular formula is C13H16BrF3N2O. The number of halogens is 4. The van der Waals surface area contributed by atoms with Crippen LogP contribution in [0.1, 0.15) is 11.6 Å². The maximum atomic E-state index is 13.4. The van der Waals surface area contributed by atoms with Gasteiger partial charge in [-0.05, 0) is 33.6 Å². The molecule has 7 heteroatoms. The summed E-state index contributed by atoms with van der Waals surface area (Å²) in [5.74, 6) is 0.523. The van der Waals surface area contributed by atoms with Gasteiger partial charge < -0.3 is 10.1 Å². The number of nitrogens with one attached hydrogen (secondary N) is 1. The van der Waals surface area contributed by atoms with Crippen LogP contribution in [0.25, 0.3) is 0 Å². The first kappa shape index (κ1) is 15.6. The molecule has 0 bridgehead atoms. The Morgan fingerprint density at radius 2 is 1.95 bits per heavy atom. The molecule has 0 aromatic heterocycles. The molecule has 0 radical (unpaired) electrons. The zero-order valence-corrected chi connectivity index (χ0v) is 12.6. The Kier molecular flexibility index (Phi) is 4.93. The van der Waals surface area contributed by atoms with Crippen LogP contribution in [0.15, 0.2) is 22.7 Å². The van der Waals surface area contributed by atoms with Gasteiger partial charge in [0.05, 0.1) is 11.6 Å². The summed E-state index contributed by atoms with van der Waals surface area (Å²) in [6.45, 7) is 1.91. The topological polar surface area (TPSA) is 24.5 Å². The van der Waals surface area contributed by atoms with Crippen molar-refractivity contribution < 1.29 is 17.9 Å². The third-order valence-corrected chi connectivity index (χ3v) is 3.94. The van der Waals surface area contributed by atoms with Crippen molar-refractivity contribution in [3.8, 4) is 5.75 Å². The molecule has 1 aromatic carbocycles. The molecule has 0 saturated carbocycles. The van der Waals surface area contributed by atoms with Gasteiger partial charge in [0.1, 0.15) is 11.8 Å². The Morgan fingerprint density at radius 3 is 2.45 bits per heavy atom. The lowest BCUT2D eigenvalue weighted by Gasteiger charge is -2.36. The Bertz CT molecular complexity index is 461. The SMILES string of the molecule is COc1ccc([C@@H](N2CCNCC2)C(F)(F)F)cc1Br. The molecule has 0 spiro atoms. The fraction of sp³-hybridized carbons (Fsp3) is 0.538. The molecule has 0 amide bonds. The second-order valence-electron chi connectivity index (χ2n) is 4.62. The number of benzene rings is 1. The third kappa shape index (κ3) is 3.45. The summed E-state index contributed by atoms with van der Waals surface area (Å²) in [6, 6.07) is 2.94. The predicted octanol–water partition coefficient (Wildman–Crippen LogP) is 2.97. The van der Waals surface area contributed by atoms with Crippen LogP contribution >= 0.6 is 15.9 Å². The summed E-state index contributed by atoms with van der Waals surface area (Å²) >= 11 is 3.24. The lowest BCUT2D eigenvalue weighted by Crippen LogP contribution is -2.49. The lowest BCUT2D eigenvalue weighted by atomic mass is 10.0. The minimum Gasteiger partial charge on any atom is -0.496 e. The van der Waals surface area contributed by atoms with E-state index in [1.165, 1.54) is 24.1 Å². The summed E-state index contributed by atoms with van der Waals surface area (Å²) in [5, 5.41) is 3.06. The molecule has 0 unspecified atom stereocenters. The normalized spacial score (nSPS) is 18.9. The van der Waals surface area contributed by atoms with E-state index in [2.05, 4.69) is 21.2 Å². The molecule has 1 aliphatic rings. The number of hydrogen-bond donors (Lipinski definition) is 1. The molecule has 20 heavy (non-hydrogen) atoms. The average molecular weight is 353 g/mol. The number of rotatable bonds is 3. The van der Waals surface area contributed by atoms with Gasteiger partial charge in [-0.25, -0.2) is 0 Å². The summed E-state index contributed by atoms with van der Waals surface area (Å²) in [4.78, 5) is 1.46. The second kappa shape index (κ2) is 6.32. The van der Waals surface area contributed by atoms with Crippen molar-refractivity contribution in [1.82, 2.24) is 10.2 Å². The number of alkyl halides is 3. The number of methoxy groups -OCH3 is 1. The van der Waals surface area contributed by atoms with Gasteiger partial charge >= 0.3 is 6.18 Å². The van der Waals surface area contributed by atoms with Crippen molar-refractivity contribution in [1.29, 1.82) is 0 Å². The van der Waals surface area contributed by atoms with E-state index in [0.717, 1.165) is 0 Å². The largest absolute Gasteiger partial charge is 0.496 e. The molecule has 1 aromatic rings. The maximum Gasteiger partial charge on any atom is 0.408 e. The lowest BCUT2D eigenvalue weighted by molar-refractivity contribution is -0.187. The molecule has 1 aliphatic heterocycles. The van der Waals surface area contributed by atoms with Gasteiger partial charge in [0.15, 0.2) is 0 Å². The molecule has 3 nitrogen and oxygen atoms in total. The van der Waals surface area contributed by atoms with Crippen LogP contribution in [-0.4, -0.2) is 44.4 Å². The van der Waals surface area contributed by atoms with Crippen molar-refractivity contribution in [2.45, 2.75) is 12.2 Å². The van der Waals surface area contributed by atoms with Crippen molar-refractivity contribution >= 4 is 15.9 Å². The van der Waals surface area contributed by atoms with Crippen LogP contribution in [0.5, 0.6) is 5.75 Å². The Balaban J connectivity index is 2.33. The van der Waals surface area contributed by atoms with Crippen molar-refractivity contribution in [3.05, 3.63) is 28.2 Å². The molecule has 0 aliphatic carbocycles. The molecular weight excluding hydrogens is 337 g/mol. The highest BCUT2D eigenvalue weighted by molar-refractivity contribution is 9.10. The summed E-state index contributed by atoms with van der Waals surface area (Å²) in [6.07, 6.45) is -4.30. The minimum absolute atomic E-state index is 0.229. The smallest absolute Gasteiger partial charge is 0.408 e. The zero-order valence-electron chi connectivity index (χ0n) is 11.0. The van der Waals surface area contributed by atoms with E-state index in [1.807, 2.05) is 0 Å². The van der Waals surface area contributed by atoms with E-state index < -0.39 is 12.2 Å². The standard InChI is InChI=1S/C13H16BrF3N2O/c1-20-11-3-2-9(8-10(11)14)12(13(15,16)17)19-6-4-18-5-7-19/h2-3,8,12,18H,4-7H2,1H3/t12-/m1/s1. The summed E-state index contributed by atoms with van der Waals surface area (Å²) < 4.78 is 45.8. The molecule has 1 heterocycles. The quantitative estimate of drug-likeness (QED) is 0.904. The van der Waals surface area contributed by atoms with Gasteiger partial charge in [0.25, 0.3) is 0 Å². The Hall–Kier alpha value is -0.790. The Labute approximate surface area is 124 Å². The van der Waals surface area contributed by atoms with Crippen LogP contribution in [0, 0.1) is 0 Å². The molecule has 2 rings (SSSR count). The van der Waals surface area contributed by atoms with Gasteiger partial charge in [-0.15, -0.1) is 0 Å². The highest BCUT2D eigenvalue weighted by atomic mass is 79.9. The third-order valence-electron chi connectivity index (χ3n) is 3.32. The molecule has 112 valence electrons. The van der Waals surface area contributed by atoms with E-state index >= 15 is 0 Å². The van der Waals surface area contributed by atoms with Gasteiger partial charge in [-0.2, -0.15) is 13.2 Å². The van der Waals surface area contributed by atoms with E-state index in [0.29, 0.717) is 36.4 Å². The first-order chi connectivity index (χ1) is 9.43. The van der Waals surface area contributed by atoms with Gasteiger partial charge in [0.2, 0.25) is 0 Å². The van der Waals surface area contributed by atoms with Gasteiger partial charge in [-0.1, -0.05) is 6.07 Å². The first-order valence-electron chi connectivity index (χ1n) is 6.28. The number of nitrogens with zero attached hydrogens (tertiary/aromatic N) is 1. The van der Waals surface area contributed by atoms with Gasteiger partial charge in [0, 0.05) is 26.2 Å². The zero-order chi connectivity index (χ0) is 14.8. The summed E-state index contributed by atoms with van der Waals surface area (Å²) in [7, 11) is 1.48. The molecule has 1 N–H and O–H groups in total. The first-order valence-corrected chi connectivity index (χ1v) is 7.07. The molecule has 1 atom stereocenters. The minimum atomic E-state index is -4.30. The van der Waals surface area contributed by atoms with Crippen molar-refractivity contribution in [2.75, 3.05) is 33.3 Å². The Morgan fingerprint density at radius 1 is 1.30 bits per heavy atom. The van der Waals surface area contributed by atoms with E-state index in [4.69, 9.17) is 4.74 Å². The van der Waals surface area contributed by atoms with E-state index in [-0.39, 0.29) is 5.56 Å². The van der Waals surface area contributed by atoms with Crippen molar-refractivity contribution in [2.24, 2.45) is 0 Å². The second-order valence-corrected chi connectivity index (χ2v) is 5.48. The molecule has 1 fully saturated rings. The monoisotopic (exact) mass is 352 g/mol. The van der Waals surface area contributed by atoms with E-state index in [1.54, 1.807) is 6.07 Å². The fourth-order valence-corrected chi connectivity index (χ4v) is 2.96. The molecule has 1 saturated heterocycles. The number of piperazine rings is 1. The maximum absolute atomic E-state index is 13.4. The number of hydrogen-bond acceptors (Lipinski definition) is 3. The van der Waals surface area contributed by atoms with Crippen LogP contribution in [0.3, 0.4) is 0 Å². The highest BCUT2D eigenvalue weighted by Gasteiger charge is 2.45. The summed E-state index contributed by atoms with van der Waals surface area (Å²) in [5.41, 5.74) is 0.229. The fourth-order valence-electron chi connectivity index (χ4n) is 2.40. The predicted molar refractivity (Wildman–Crippen MR) is 73.9 cm³/mol.